The van der Waals surface area contributed by atoms with Crippen LogP contribution in [0.15, 0.2) is 36.4 Å². The molecule has 0 spiro atoms. The summed E-state index contributed by atoms with van der Waals surface area (Å²) in [4.78, 5) is 47.3. The SMILES string of the molecule is CC(=O)OC[C@H]1O[C@@H](Oc2ccccc2COC(=O)[C@@]2(O)C=CCCC2=O)[C@H](OC(C)=O)[C@@H](O)[C@@H]1O. The first-order valence-corrected chi connectivity index (χ1v) is 11.2. The Morgan fingerprint density at radius 3 is 2.47 bits per heavy atom. The maximum absolute atomic E-state index is 12.5. The Bertz CT molecular complexity index is 1020. The minimum atomic E-state index is -2.37. The van der Waals surface area contributed by atoms with Gasteiger partial charge in [0.1, 0.15) is 37.3 Å². The lowest BCUT2D eigenvalue weighted by atomic mass is 9.90. The summed E-state index contributed by atoms with van der Waals surface area (Å²) in [6.07, 6.45) is -4.28. The van der Waals surface area contributed by atoms with Crippen molar-refractivity contribution in [3.8, 4) is 5.75 Å². The van der Waals surface area contributed by atoms with Crippen LogP contribution in [0.25, 0.3) is 0 Å². The van der Waals surface area contributed by atoms with Gasteiger partial charge in [0, 0.05) is 25.8 Å². The van der Waals surface area contributed by atoms with Crippen molar-refractivity contribution in [2.75, 3.05) is 6.61 Å². The highest BCUT2D eigenvalue weighted by atomic mass is 16.7. The van der Waals surface area contributed by atoms with Crippen LogP contribution in [-0.4, -0.2) is 81.9 Å². The number of rotatable bonds is 8. The van der Waals surface area contributed by atoms with Gasteiger partial charge in [-0.2, -0.15) is 0 Å². The molecule has 2 aliphatic rings. The summed E-state index contributed by atoms with van der Waals surface area (Å²) in [5, 5.41) is 31.3. The van der Waals surface area contributed by atoms with Gasteiger partial charge >= 0.3 is 17.9 Å². The van der Waals surface area contributed by atoms with Crippen molar-refractivity contribution in [2.45, 2.75) is 69.6 Å². The van der Waals surface area contributed by atoms with E-state index in [1.165, 1.54) is 18.2 Å². The maximum Gasteiger partial charge on any atom is 0.350 e. The molecule has 1 fully saturated rings. The second-order valence-corrected chi connectivity index (χ2v) is 8.33. The number of aliphatic hydroxyl groups excluding tert-OH is 2. The highest BCUT2D eigenvalue weighted by Crippen LogP contribution is 2.29. The second-order valence-electron chi connectivity index (χ2n) is 8.33. The van der Waals surface area contributed by atoms with Crippen molar-refractivity contribution in [1.29, 1.82) is 0 Å². The normalized spacial score (nSPS) is 29.8. The molecule has 1 aliphatic carbocycles. The lowest BCUT2D eigenvalue weighted by Gasteiger charge is -2.41. The third-order valence-corrected chi connectivity index (χ3v) is 5.61. The van der Waals surface area contributed by atoms with E-state index in [0.717, 1.165) is 19.9 Å². The summed E-state index contributed by atoms with van der Waals surface area (Å²) in [7, 11) is 0. The van der Waals surface area contributed by atoms with Crippen molar-refractivity contribution >= 4 is 23.7 Å². The zero-order valence-electron chi connectivity index (χ0n) is 19.7. The summed E-state index contributed by atoms with van der Waals surface area (Å²) in [6.45, 7) is 1.46. The molecule has 3 N–H and O–H groups in total. The third kappa shape index (κ3) is 6.26. The van der Waals surface area contributed by atoms with Gasteiger partial charge in [0.25, 0.3) is 0 Å². The van der Waals surface area contributed by atoms with Crippen molar-refractivity contribution in [3.63, 3.8) is 0 Å². The summed E-state index contributed by atoms with van der Waals surface area (Å²) < 4.78 is 26.6. The molecule has 36 heavy (non-hydrogen) atoms. The van der Waals surface area contributed by atoms with Crippen molar-refractivity contribution < 1.29 is 58.2 Å². The van der Waals surface area contributed by atoms with Crippen LogP contribution < -0.4 is 4.74 Å². The van der Waals surface area contributed by atoms with Crippen LogP contribution in [-0.2, 0) is 44.7 Å². The van der Waals surface area contributed by atoms with E-state index < -0.39 is 73.2 Å². The number of para-hydroxylation sites is 1. The zero-order valence-corrected chi connectivity index (χ0v) is 19.7. The van der Waals surface area contributed by atoms with E-state index in [1.54, 1.807) is 12.1 Å². The van der Waals surface area contributed by atoms with Gasteiger partial charge in [-0.15, -0.1) is 0 Å². The van der Waals surface area contributed by atoms with E-state index in [-0.39, 0.29) is 12.2 Å². The molecule has 12 nitrogen and oxygen atoms in total. The van der Waals surface area contributed by atoms with Gasteiger partial charge < -0.3 is 39.0 Å². The molecule has 0 radical (unpaired) electrons. The molecule has 3 rings (SSSR count). The third-order valence-electron chi connectivity index (χ3n) is 5.61. The van der Waals surface area contributed by atoms with Crippen LogP contribution in [0, 0.1) is 0 Å². The average molecular weight is 508 g/mol. The molecule has 0 amide bonds. The monoisotopic (exact) mass is 508 g/mol. The molecule has 0 unspecified atom stereocenters. The minimum absolute atomic E-state index is 0.00103. The number of carbonyl (C=O) groups is 4. The Morgan fingerprint density at radius 2 is 1.81 bits per heavy atom. The summed E-state index contributed by atoms with van der Waals surface area (Å²) in [5.41, 5.74) is -2.07. The Balaban J connectivity index is 1.78. The largest absolute Gasteiger partial charge is 0.463 e. The van der Waals surface area contributed by atoms with E-state index in [0.29, 0.717) is 12.0 Å². The van der Waals surface area contributed by atoms with Crippen molar-refractivity contribution in [1.82, 2.24) is 0 Å². The highest BCUT2D eigenvalue weighted by molar-refractivity contribution is 6.09. The van der Waals surface area contributed by atoms with Gasteiger partial charge in [-0.25, -0.2) is 4.79 Å². The fraction of sp³-hybridized carbons (Fsp3) is 0.500. The van der Waals surface area contributed by atoms with Gasteiger partial charge in [0.15, 0.2) is 11.9 Å². The molecule has 1 aromatic rings. The van der Waals surface area contributed by atoms with E-state index in [4.69, 9.17) is 23.7 Å². The number of ether oxygens (including phenoxy) is 5. The van der Waals surface area contributed by atoms with Crippen LogP contribution in [0.1, 0.15) is 32.3 Å². The van der Waals surface area contributed by atoms with Crippen LogP contribution in [0.3, 0.4) is 0 Å². The molecule has 196 valence electrons. The smallest absolute Gasteiger partial charge is 0.350 e. The number of esters is 3. The van der Waals surface area contributed by atoms with E-state index in [1.807, 2.05) is 0 Å². The Hall–Kier alpha value is -3.32. The Labute approximate surface area is 206 Å². The summed E-state index contributed by atoms with van der Waals surface area (Å²) in [5.74, 6) is -3.14. The van der Waals surface area contributed by atoms with Crippen LogP contribution >= 0.6 is 0 Å². The van der Waals surface area contributed by atoms with Gasteiger partial charge in [-0.05, 0) is 18.6 Å². The number of ketones is 1. The molecular formula is C24H28O12. The highest BCUT2D eigenvalue weighted by Gasteiger charge is 2.48. The molecule has 0 saturated carbocycles. The predicted octanol–water partition coefficient (Wildman–Crippen LogP) is -0.300. The number of aliphatic hydroxyl groups is 3. The fourth-order valence-corrected chi connectivity index (χ4v) is 3.70. The van der Waals surface area contributed by atoms with Crippen LogP contribution in [0.5, 0.6) is 5.75 Å². The van der Waals surface area contributed by atoms with E-state index in [9.17, 15) is 34.5 Å². The van der Waals surface area contributed by atoms with Gasteiger partial charge in [-0.3, -0.25) is 14.4 Å². The van der Waals surface area contributed by atoms with Crippen molar-refractivity contribution in [2.24, 2.45) is 0 Å². The number of allylic oxidation sites excluding steroid dienone is 1. The van der Waals surface area contributed by atoms with Gasteiger partial charge in [0.05, 0.1) is 0 Å². The Kier molecular flexibility index (Phi) is 8.79. The molecular weight excluding hydrogens is 480 g/mol. The molecule has 6 atom stereocenters. The molecule has 0 aromatic heterocycles. The number of benzene rings is 1. The molecule has 12 heteroatoms. The topological polar surface area (TPSA) is 175 Å². The quantitative estimate of drug-likeness (QED) is 0.181. The predicted molar refractivity (Wildman–Crippen MR) is 118 cm³/mol. The molecule has 1 saturated heterocycles. The number of Topliss-reactive ketones (excluding diaryl/α,β-unsaturated/α-hetero) is 1. The maximum atomic E-state index is 12.5. The van der Waals surface area contributed by atoms with Crippen LogP contribution in [0.2, 0.25) is 0 Å². The van der Waals surface area contributed by atoms with Gasteiger partial charge in [-0.1, -0.05) is 24.3 Å². The number of carbonyl (C=O) groups excluding carboxylic acids is 4. The van der Waals surface area contributed by atoms with E-state index in [2.05, 4.69) is 0 Å². The van der Waals surface area contributed by atoms with Crippen molar-refractivity contribution in [3.05, 3.63) is 42.0 Å². The first kappa shape index (κ1) is 27.3. The number of hydrogen-bond acceptors (Lipinski definition) is 12. The lowest BCUT2D eigenvalue weighted by molar-refractivity contribution is -0.282. The standard InChI is InChI=1S/C24H28O12/c1-13(25)32-12-17-19(28)20(29)21(34-14(2)26)22(36-17)35-16-8-4-3-7-15(16)11-33-23(30)24(31)10-6-5-9-18(24)27/h3-4,6-8,10,17,19-22,28-29,31H,5,9,11-12H2,1-2H3/t17-,19-,20+,21-,22-,24-/m1/s1. The average Bonchev–Trinajstić information content (AvgIpc) is 2.83. The number of hydrogen-bond donors (Lipinski definition) is 3. The molecule has 1 aromatic carbocycles. The second kappa shape index (κ2) is 11.6. The first-order valence-electron chi connectivity index (χ1n) is 11.2. The zero-order chi connectivity index (χ0) is 26.5. The molecule has 1 aliphatic heterocycles. The van der Waals surface area contributed by atoms with Crippen LogP contribution in [0.4, 0.5) is 0 Å². The minimum Gasteiger partial charge on any atom is -0.463 e. The van der Waals surface area contributed by atoms with Gasteiger partial charge in [0.2, 0.25) is 11.9 Å². The fourth-order valence-electron chi connectivity index (χ4n) is 3.70. The summed E-state index contributed by atoms with van der Waals surface area (Å²) >= 11 is 0. The lowest BCUT2D eigenvalue weighted by Crippen LogP contribution is -2.61. The summed E-state index contributed by atoms with van der Waals surface area (Å²) in [6, 6.07) is 6.23. The first-order chi connectivity index (χ1) is 17.0. The van der Waals surface area contributed by atoms with E-state index >= 15 is 0 Å². The Morgan fingerprint density at radius 1 is 1.08 bits per heavy atom. The molecule has 0 bridgehead atoms. The molecule has 1 heterocycles.